The van der Waals surface area contributed by atoms with Crippen molar-refractivity contribution in [2.75, 3.05) is 20.1 Å². The lowest BCUT2D eigenvalue weighted by atomic mass is 10.1. The van der Waals surface area contributed by atoms with Gasteiger partial charge in [-0.15, -0.1) is 0 Å². The van der Waals surface area contributed by atoms with E-state index in [1.54, 1.807) is 0 Å². The van der Waals surface area contributed by atoms with Gasteiger partial charge in [-0.3, -0.25) is 4.79 Å². The van der Waals surface area contributed by atoms with Crippen molar-refractivity contribution in [1.29, 1.82) is 0 Å². The van der Waals surface area contributed by atoms with Crippen molar-refractivity contribution in [3.8, 4) is 0 Å². The van der Waals surface area contributed by atoms with Gasteiger partial charge >= 0.3 is 0 Å². The molecule has 0 unspecified atom stereocenters. The van der Waals surface area contributed by atoms with E-state index in [-0.39, 0.29) is 5.91 Å². The van der Waals surface area contributed by atoms with Crippen LogP contribution in [0, 0.1) is 0 Å². The Labute approximate surface area is 111 Å². The van der Waals surface area contributed by atoms with Gasteiger partial charge in [0.25, 0.3) is 0 Å². The van der Waals surface area contributed by atoms with Gasteiger partial charge < -0.3 is 10.6 Å². The average Bonchev–Trinajstić information content (AvgIpc) is 2.34. The van der Waals surface area contributed by atoms with Crippen LogP contribution in [0.3, 0.4) is 0 Å². The molecule has 0 fully saturated rings. The van der Waals surface area contributed by atoms with Gasteiger partial charge in [0.1, 0.15) is 0 Å². The monoisotopic (exact) mass is 298 g/mol. The van der Waals surface area contributed by atoms with Crippen LogP contribution in [0.5, 0.6) is 0 Å². The lowest BCUT2D eigenvalue weighted by molar-refractivity contribution is -0.121. The first-order valence-electron chi connectivity index (χ1n) is 5.88. The molecule has 0 radical (unpaired) electrons. The third kappa shape index (κ3) is 5.84. The molecule has 0 aliphatic carbocycles. The number of hydrogen-bond donors (Lipinski definition) is 2. The summed E-state index contributed by atoms with van der Waals surface area (Å²) in [6.45, 7) is 1.68. The fraction of sp³-hybridized carbons (Fsp3) is 0.462. The molecule has 17 heavy (non-hydrogen) atoms. The second-order valence-corrected chi connectivity index (χ2v) is 4.75. The second-order valence-electron chi connectivity index (χ2n) is 3.90. The van der Waals surface area contributed by atoms with Gasteiger partial charge in [0.15, 0.2) is 0 Å². The summed E-state index contributed by atoms with van der Waals surface area (Å²) in [5.74, 6) is 0.122. The molecule has 2 N–H and O–H groups in total. The largest absolute Gasteiger partial charge is 0.356 e. The van der Waals surface area contributed by atoms with Gasteiger partial charge in [-0.25, -0.2) is 0 Å². The van der Waals surface area contributed by atoms with Crippen LogP contribution in [-0.4, -0.2) is 26.0 Å². The maximum absolute atomic E-state index is 11.5. The molecule has 0 bridgehead atoms. The minimum Gasteiger partial charge on any atom is -0.356 e. The number of nitrogens with one attached hydrogen (secondary N) is 2. The SMILES string of the molecule is CNCCCNC(=O)CCc1ccccc1Br. The van der Waals surface area contributed by atoms with Crippen molar-refractivity contribution in [2.24, 2.45) is 0 Å². The number of carbonyl (C=O) groups is 1. The van der Waals surface area contributed by atoms with Crippen molar-refractivity contribution in [3.05, 3.63) is 34.3 Å². The number of carbonyl (C=O) groups excluding carboxylic acids is 1. The Bertz CT molecular complexity index is 355. The van der Waals surface area contributed by atoms with Gasteiger partial charge in [0.05, 0.1) is 0 Å². The van der Waals surface area contributed by atoms with Crippen LogP contribution in [0.25, 0.3) is 0 Å². The number of aryl methyl sites for hydroxylation is 1. The average molecular weight is 299 g/mol. The molecule has 0 spiro atoms. The van der Waals surface area contributed by atoms with E-state index >= 15 is 0 Å². The van der Waals surface area contributed by atoms with E-state index in [9.17, 15) is 4.79 Å². The van der Waals surface area contributed by atoms with Crippen molar-refractivity contribution >= 4 is 21.8 Å². The van der Waals surface area contributed by atoms with Crippen LogP contribution in [-0.2, 0) is 11.2 Å². The smallest absolute Gasteiger partial charge is 0.220 e. The van der Waals surface area contributed by atoms with Crippen LogP contribution in [0.4, 0.5) is 0 Å². The standard InChI is InChI=1S/C13H19BrN2O/c1-15-9-4-10-16-13(17)8-7-11-5-2-3-6-12(11)14/h2-3,5-6,15H,4,7-10H2,1H3,(H,16,17). The van der Waals surface area contributed by atoms with Gasteiger partial charge in [-0.2, -0.15) is 0 Å². The molecule has 1 amide bonds. The van der Waals surface area contributed by atoms with Crippen LogP contribution < -0.4 is 10.6 Å². The van der Waals surface area contributed by atoms with Crippen molar-refractivity contribution in [1.82, 2.24) is 10.6 Å². The van der Waals surface area contributed by atoms with E-state index in [1.165, 1.54) is 5.56 Å². The van der Waals surface area contributed by atoms with Crippen molar-refractivity contribution in [3.63, 3.8) is 0 Å². The summed E-state index contributed by atoms with van der Waals surface area (Å²) >= 11 is 3.48. The summed E-state index contributed by atoms with van der Waals surface area (Å²) in [6.07, 6.45) is 2.29. The molecule has 0 saturated heterocycles. The molecule has 0 heterocycles. The van der Waals surface area contributed by atoms with Crippen LogP contribution >= 0.6 is 15.9 Å². The van der Waals surface area contributed by atoms with Crippen LogP contribution in [0.2, 0.25) is 0 Å². The number of hydrogen-bond acceptors (Lipinski definition) is 2. The quantitative estimate of drug-likeness (QED) is 0.757. The summed E-state index contributed by atoms with van der Waals surface area (Å²) < 4.78 is 1.07. The molecule has 0 aliphatic rings. The van der Waals surface area contributed by atoms with Crippen molar-refractivity contribution in [2.45, 2.75) is 19.3 Å². The lowest BCUT2D eigenvalue weighted by Gasteiger charge is -2.06. The van der Waals surface area contributed by atoms with Gasteiger partial charge in [-0.05, 0) is 38.1 Å². The highest BCUT2D eigenvalue weighted by molar-refractivity contribution is 9.10. The first-order chi connectivity index (χ1) is 8.24. The summed E-state index contributed by atoms with van der Waals surface area (Å²) in [4.78, 5) is 11.5. The summed E-state index contributed by atoms with van der Waals surface area (Å²) in [6, 6.07) is 8.01. The Hall–Kier alpha value is -0.870. The number of rotatable bonds is 7. The molecular weight excluding hydrogens is 280 g/mol. The van der Waals surface area contributed by atoms with Gasteiger partial charge in [0.2, 0.25) is 5.91 Å². The second kappa shape index (κ2) is 8.25. The normalized spacial score (nSPS) is 10.2. The molecule has 4 heteroatoms. The minimum atomic E-state index is 0.122. The molecule has 3 nitrogen and oxygen atoms in total. The van der Waals surface area contributed by atoms with Crippen LogP contribution in [0.15, 0.2) is 28.7 Å². The van der Waals surface area contributed by atoms with E-state index in [2.05, 4.69) is 26.6 Å². The molecule has 1 rings (SSSR count). The molecular formula is C13H19BrN2O. The minimum absolute atomic E-state index is 0.122. The highest BCUT2D eigenvalue weighted by atomic mass is 79.9. The third-order valence-electron chi connectivity index (χ3n) is 2.50. The Balaban J connectivity index is 2.22. The number of benzene rings is 1. The zero-order valence-electron chi connectivity index (χ0n) is 10.1. The highest BCUT2D eigenvalue weighted by Gasteiger charge is 2.03. The predicted octanol–water partition coefficient (Wildman–Crippen LogP) is 2.11. The number of halogens is 1. The van der Waals surface area contributed by atoms with Crippen LogP contribution in [0.1, 0.15) is 18.4 Å². The maximum Gasteiger partial charge on any atom is 0.220 e. The zero-order valence-corrected chi connectivity index (χ0v) is 11.7. The maximum atomic E-state index is 11.5. The zero-order chi connectivity index (χ0) is 12.5. The Morgan fingerprint density at radius 2 is 2.06 bits per heavy atom. The van der Waals surface area contributed by atoms with Gasteiger partial charge in [-0.1, -0.05) is 34.1 Å². The first-order valence-corrected chi connectivity index (χ1v) is 6.68. The van der Waals surface area contributed by atoms with E-state index in [0.29, 0.717) is 6.42 Å². The first kappa shape index (κ1) is 14.2. The molecule has 0 saturated carbocycles. The molecule has 0 atom stereocenters. The Morgan fingerprint density at radius 3 is 2.76 bits per heavy atom. The van der Waals surface area contributed by atoms with Gasteiger partial charge in [0, 0.05) is 17.4 Å². The van der Waals surface area contributed by atoms with E-state index in [0.717, 1.165) is 30.4 Å². The number of amides is 1. The molecule has 0 aromatic heterocycles. The third-order valence-corrected chi connectivity index (χ3v) is 3.28. The van der Waals surface area contributed by atoms with E-state index in [1.807, 2.05) is 31.3 Å². The summed E-state index contributed by atoms with van der Waals surface area (Å²) in [7, 11) is 1.91. The summed E-state index contributed by atoms with van der Waals surface area (Å²) in [5.41, 5.74) is 1.18. The highest BCUT2D eigenvalue weighted by Crippen LogP contribution is 2.17. The van der Waals surface area contributed by atoms with E-state index < -0.39 is 0 Å². The molecule has 1 aromatic carbocycles. The fourth-order valence-corrected chi connectivity index (χ4v) is 2.01. The molecule has 0 aliphatic heterocycles. The lowest BCUT2D eigenvalue weighted by Crippen LogP contribution is -2.26. The summed E-state index contributed by atoms with van der Waals surface area (Å²) in [5, 5.41) is 5.96. The van der Waals surface area contributed by atoms with E-state index in [4.69, 9.17) is 0 Å². The van der Waals surface area contributed by atoms with Crippen molar-refractivity contribution < 1.29 is 4.79 Å². The fourth-order valence-electron chi connectivity index (χ4n) is 1.53. The topological polar surface area (TPSA) is 41.1 Å². The Kier molecular flexibility index (Phi) is 6.89. The molecule has 94 valence electrons. The Morgan fingerprint density at radius 1 is 1.29 bits per heavy atom. The molecule has 1 aromatic rings. The predicted molar refractivity (Wildman–Crippen MR) is 74.0 cm³/mol.